The molecule has 2 aromatic rings. The van der Waals surface area contributed by atoms with E-state index in [1.807, 2.05) is 0 Å². The van der Waals surface area contributed by atoms with Crippen LogP contribution in [0.3, 0.4) is 0 Å². The number of rotatable bonds is 3. The fraction of sp³-hybridized carbons (Fsp3) is 0.375. The lowest BCUT2D eigenvalue weighted by Crippen LogP contribution is -2.37. The van der Waals surface area contributed by atoms with Gasteiger partial charge >= 0.3 is 5.97 Å². The van der Waals surface area contributed by atoms with E-state index in [9.17, 15) is 19.5 Å². The molecule has 7 nitrogen and oxygen atoms in total. The zero-order valence-corrected chi connectivity index (χ0v) is 12.7. The molecule has 1 saturated heterocycles. The first-order valence-corrected chi connectivity index (χ1v) is 7.37. The Hall–Kier alpha value is -2.70. The Balaban J connectivity index is 1.84. The molecule has 1 aromatic heterocycles. The van der Waals surface area contributed by atoms with Crippen LogP contribution < -0.4 is 5.43 Å². The summed E-state index contributed by atoms with van der Waals surface area (Å²) in [6.07, 6.45) is 1.63. The normalized spacial score (nSPS) is 20.8. The molecule has 7 heteroatoms. The maximum absolute atomic E-state index is 12.4. The van der Waals surface area contributed by atoms with Gasteiger partial charge in [-0.1, -0.05) is 12.1 Å². The standard InChI is InChI=1S/C16H17N3O4/c1-16(15(22)23)6-7-18(10-16)14(21)9-19-12-5-3-2-4-11(12)13(20)8-17-19/h2-5,8H,6-7,9-10H2,1H3,(H,22,23)/t16-/m0/s1. The predicted octanol–water partition coefficient (Wildman–Crippen LogP) is 0.720. The number of carbonyl (C=O) groups excluding carboxylic acids is 1. The SMILES string of the molecule is C[C@]1(C(=O)O)CCN(C(=O)Cn2ncc(=O)c3ccccc32)C1. The number of carboxylic acid groups (broad SMARTS) is 1. The van der Waals surface area contributed by atoms with Crippen molar-refractivity contribution in [1.29, 1.82) is 0 Å². The Morgan fingerprint density at radius 2 is 2.09 bits per heavy atom. The molecule has 1 atom stereocenters. The summed E-state index contributed by atoms with van der Waals surface area (Å²) in [6.45, 7) is 2.24. The van der Waals surface area contributed by atoms with Crippen molar-refractivity contribution in [2.45, 2.75) is 19.9 Å². The van der Waals surface area contributed by atoms with Crippen LogP contribution in [-0.4, -0.2) is 44.8 Å². The van der Waals surface area contributed by atoms with Crippen LogP contribution in [0.4, 0.5) is 0 Å². The summed E-state index contributed by atoms with van der Waals surface area (Å²) in [7, 11) is 0. The van der Waals surface area contributed by atoms with E-state index in [2.05, 4.69) is 5.10 Å². The minimum atomic E-state index is -0.894. The molecular weight excluding hydrogens is 298 g/mol. The summed E-state index contributed by atoms with van der Waals surface area (Å²) < 4.78 is 1.48. The second-order valence-electron chi connectivity index (χ2n) is 6.11. The van der Waals surface area contributed by atoms with Gasteiger partial charge in [-0.05, 0) is 25.5 Å². The molecule has 1 aliphatic heterocycles. The fourth-order valence-corrected chi connectivity index (χ4v) is 2.86. The van der Waals surface area contributed by atoms with Gasteiger partial charge in [-0.25, -0.2) is 0 Å². The zero-order valence-electron chi connectivity index (χ0n) is 12.7. The third-order valence-corrected chi connectivity index (χ3v) is 4.39. The Morgan fingerprint density at radius 3 is 2.78 bits per heavy atom. The first-order valence-electron chi connectivity index (χ1n) is 7.37. The van der Waals surface area contributed by atoms with Crippen molar-refractivity contribution < 1.29 is 14.7 Å². The highest BCUT2D eigenvalue weighted by molar-refractivity contribution is 5.83. The molecule has 23 heavy (non-hydrogen) atoms. The lowest BCUT2D eigenvalue weighted by molar-refractivity contribution is -0.147. The fourth-order valence-electron chi connectivity index (χ4n) is 2.86. The summed E-state index contributed by atoms with van der Waals surface area (Å²) in [4.78, 5) is 37.1. The van der Waals surface area contributed by atoms with Gasteiger partial charge in [0.2, 0.25) is 11.3 Å². The van der Waals surface area contributed by atoms with E-state index in [0.29, 0.717) is 23.9 Å². The smallest absolute Gasteiger partial charge is 0.311 e. The number of para-hydroxylation sites is 1. The topological polar surface area (TPSA) is 92.5 Å². The maximum atomic E-state index is 12.4. The van der Waals surface area contributed by atoms with E-state index in [-0.39, 0.29) is 24.4 Å². The number of aromatic nitrogens is 2. The molecule has 0 aliphatic carbocycles. The molecular formula is C16H17N3O4. The van der Waals surface area contributed by atoms with Gasteiger partial charge in [0.15, 0.2) is 0 Å². The molecule has 0 bridgehead atoms. The number of carbonyl (C=O) groups is 2. The predicted molar refractivity (Wildman–Crippen MR) is 82.9 cm³/mol. The number of aliphatic carboxylic acids is 1. The molecule has 0 spiro atoms. The molecule has 1 N–H and O–H groups in total. The monoisotopic (exact) mass is 315 g/mol. The number of hydrogen-bond donors (Lipinski definition) is 1. The van der Waals surface area contributed by atoms with E-state index in [1.54, 1.807) is 36.1 Å². The second kappa shape index (κ2) is 5.49. The van der Waals surface area contributed by atoms with Gasteiger partial charge in [0.05, 0.1) is 17.1 Å². The highest BCUT2D eigenvalue weighted by atomic mass is 16.4. The van der Waals surface area contributed by atoms with Gasteiger partial charge in [0, 0.05) is 18.5 Å². The van der Waals surface area contributed by atoms with Gasteiger partial charge in [-0.15, -0.1) is 0 Å². The number of likely N-dealkylation sites (tertiary alicyclic amines) is 1. The molecule has 1 fully saturated rings. The number of hydrogen-bond acceptors (Lipinski definition) is 4. The van der Waals surface area contributed by atoms with Crippen molar-refractivity contribution in [1.82, 2.24) is 14.7 Å². The van der Waals surface area contributed by atoms with Crippen molar-refractivity contribution in [2.75, 3.05) is 13.1 Å². The summed E-state index contributed by atoms with van der Waals surface area (Å²) in [5.74, 6) is -1.09. The lowest BCUT2D eigenvalue weighted by atomic mass is 9.90. The molecule has 1 aliphatic rings. The molecule has 1 amide bonds. The number of fused-ring (bicyclic) bond motifs is 1. The maximum Gasteiger partial charge on any atom is 0.311 e. The Morgan fingerprint density at radius 1 is 1.35 bits per heavy atom. The molecule has 2 heterocycles. The van der Waals surface area contributed by atoms with Crippen LogP contribution in [0, 0.1) is 5.41 Å². The van der Waals surface area contributed by atoms with Crippen molar-refractivity contribution in [3.63, 3.8) is 0 Å². The first kappa shape index (κ1) is 15.2. The van der Waals surface area contributed by atoms with Crippen LogP contribution in [0.5, 0.6) is 0 Å². The average Bonchev–Trinajstić information content (AvgIpc) is 2.94. The molecule has 120 valence electrons. The number of benzene rings is 1. The van der Waals surface area contributed by atoms with Crippen LogP contribution in [0.25, 0.3) is 10.9 Å². The van der Waals surface area contributed by atoms with Crippen LogP contribution in [0.15, 0.2) is 35.3 Å². The molecule has 0 radical (unpaired) electrons. The Labute approximate surface area is 132 Å². The molecule has 0 unspecified atom stereocenters. The Bertz CT molecular complexity index is 845. The van der Waals surface area contributed by atoms with E-state index in [1.165, 1.54) is 10.9 Å². The van der Waals surface area contributed by atoms with E-state index in [0.717, 1.165) is 0 Å². The van der Waals surface area contributed by atoms with Crippen molar-refractivity contribution in [3.8, 4) is 0 Å². The van der Waals surface area contributed by atoms with E-state index < -0.39 is 11.4 Å². The summed E-state index contributed by atoms with van der Waals surface area (Å²) in [5, 5.41) is 13.8. The average molecular weight is 315 g/mol. The van der Waals surface area contributed by atoms with Crippen LogP contribution in [0.2, 0.25) is 0 Å². The van der Waals surface area contributed by atoms with Gasteiger partial charge in [-0.2, -0.15) is 5.10 Å². The quantitative estimate of drug-likeness (QED) is 0.901. The first-order chi connectivity index (χ1) is 10.9. The van der Waals surface area contributed by atoms with Crippen molar-refractivity contribution >= 4 is 22.8 Å². The summed E-state index contributed by atoms with van der Waals surface area (Å²) in [6, 6.07) is 6.97. The van der Waals surface area contributed by atoms with Crippen molar-refractivity contribution in [2.24, 2.45) is 5.41 Å². The second-order valence-corrected chi connectivity index (χ2v) is 6.11. The van der Waals surface area contributed by atoms with E-state index >= 15 is 0 Å². The van der Waals surface area contributed by atoms with Crippen LogP contribution in [-0.2, 0) is 16.1 Å². The Kier molecular flexibility index (Phi) is 3.63. The summed E-state index contributed by atoms with van der Waals surface area (Å²) >= 11 is 0. The highest BCUT2D eigenvalue weighted by Gasteiger charge is 2.42. The number of nitrogens with zero attached hydrogens (tertiary/aromatic N) is 3. The minimum Gasteiger partial charge on any atom is -0.481 e. The third-order valence-electron chi connectivity index (χ3n) is 4.39. The largest absolute Gasteiger partial charge is 0.481 e. The number of amides is 1. The minimum absolute atomic E-state index is 0.0174. The molecule has 0 saturated carbocycles. The zero-order chi connectivity index (χ0) is 16.6. The molecule has 3 rings (SSSR count). The summed E-state index contributed by atoms with van der Waals surface area (Å²) in [5.41, 5.74) is -0.494. The van der Waals surface area contributed by atoms with Gasteiger partial charge < -0.3 is 10.0 Å². The van der Waals surface area contributed by atoms with Crippen LogP contribution in [0.1, 0.15) is 13.3 Å². The lowest BCUT2D eigenvalue weighted by Gasteiger charge is -2.20. The van der Waals surface area contributed by atoms with E-state index in [4.69, 9.17) is 0 Å². The van der Waals surface area contributed by atoms with Crippen molar-refractivity contribution in [3.05, 3.63) is 40.7 Å². The van der Waals surface area contributed by atoms with Gasteiger partial charge in [0.25, 0.3) is 0 Å². The van der Waals surface area contributed by atoms with Gasteiger partial charge in [-0.3, -0.25) is 19.1 Å². The highest BCUT2D eigenvalue weighted by Crippen LogP contribution is 2.30. The third kappa shape index (κ3) is 2.69. The molecule has 1 aromatic carbocycles. The number of carboxylic acids is 1. The van der Waals surface area contributed by atoms with Gasteiger partial charge in [0.1, 0.15) is 6.54 Å². The van der Waals surface area contributed by atoms with Crippen LogP contribution >= 0.6 is 0 Å².